The lowest BCUT2D eigenvalue weighted by Gasteiger charge is -2.38. The number of benzene rings is 3. The summed E-state index contributed by atoms with van der Waals surface area (Å²) in [6.45, 7) is 0.535. The van der Waals surface area contributed by atoms with Crippen LogP contribution in [-0.2, 0) is 21.4 Å². The van der Waals surface area contributed by atoms with Gasteiger partial charge in [0.05, 0.1) is 35.6 Å². The highest BCUT2D eigenvalue weighted by Crippen LogP contribution is 2.58. The van der Waals surface area contributed by atoms with Crippen LogP contribution < -0.4 is 10.1 Å². The van der Waals surface area contributed by atoms with Gasteiger partial charge < -0.3 is 15.2 Å². The highest BCUT2D eigenvalue weighted by Gasteiger charge is 2.68. The lowest BCUT2D eigenvalue weighted by Crippen LogP contribution is -2.52. The van der Waals surface area contributed by atoms with Crippen LogP contribution in [0.5, 0.6) is 5.75 Å². The van der Waals surface area contributed by atoms with Crippen molar-refractivity contribution in [2.45, 2.75) is 24.4 Å². The normalized spacial score (nSPS) is 22.8. The van der Waals surface area contributed by atoms with Crippen molar-refractivity contribution in [3.05, 3.63) is 100 Å². The Morgan fingerprint density at radius 1 is 1.15 bits per heavy atom. The first kappa shape index (κ1) is 28.7. The summed E-state index contributed by atoms with van der Waals surface area (Å²) >= 11 is 0. The summed E-state index contributed by atoms with van der Waals surface area (Å²) in [4.78, 5) is 24.2. The van der Waals surface area contributed by atoms with Gasteiger partial charge in [0.1, 0.15) is 5.75 Å². The lowest BCUT2D eigenvalue weighted by atomic mass is 9.62. The molecule has 1 aliphatic heterocycles. The summed E-state index contributed by atoms with van der Waals surface area (Å²) in [6, 6.07) is 20.4. The van der Waals surface area contributed by atoms with Crippen LogP contribution in [0.1, 0.15) is 24.1 Å². The maximum atomic E-state index is 14.0. The van der Waals surface area contributed by atoms with Gasteiger partial charge in [0.15, 0.2) is 5.41 Å². The van der Waals surface area contributed by atoms with E-state index in [9.17, 15) is 33.7 Å². The Balaban J connectivity index is 1.82. The van der Waals surface area contributed by atoms with Gasteiger partial charge in [-0.1, -0.05) is 49.4 Å². The largest absolute Gasteiger partial charge is 0.497 e. The zero-order chi connectivity index (χ0) is 29.1. The van der Waals surface area contributed by atoms with Crippen molar-refractivity contribution in [3.8, 4) is 11.8 Å². The van der Waals surface area contributed by atoms with E-state index < -0.39 is 44.3 Å². The topological polar surface area (TPSA) is 163 Å². The Labute approximate surface area is 231 Å². The standard InChI is InChI=1S/C28H28N4O7S/c1-27(19-33)18-31(40(37,38)24-14-10-22(11-15-24)32(35)36)25(21-6-4-3-5-7-21)28(27,17-29)26(34)30-16-20-8-12-23(39-2)13-9-20/h3-15,25,33H,16,18-19H2,1-2H3,(H,30,34)/t25-,27-,28+/m0/s1. The third-order valence-electron chi connectivity index (χ3n) is 7.42. The maximum absolute atomic E-state index is 14.0. The quantitative estimate of drug-likeness (QED) is 0.296. The van der Waals surface area contributed by atoms with Crippen LogP contribution in [0.3, 0.4) is 0 Å². The molecule has 3 atom stereocenters. The zero-order valence-electron chi connectivity index (χ0n) is 21.9. The number of sulfonamides is 1. The van der Waals surface area contributed by atoms with Crippen LogP contribution in [0.25, 0.3) is 0 Å². The van der Waals surface area contributed by atoms with E-state index in [2.05, 4.69) is 11.4 Å². The molecule has 0 aliphatic carbocycles. The molecule has 1 heterocycles. The number of hydrogen-bond acceptors (Lipinski definition) is 8. The molecule has 4 rings (SSSR count). The second kappa shape index (κ2) is 11.1. The summed E-state index contributed by atoms with van der Waals surface area (Å²) in [7, 11) is -2.86. The molecular formula is C28H28N4O7S. The Kier molecular flexibility index (Phi) is 7.93. The van der Waals surface area contributed by atoms with Crippen LogP contribution in [0.4, 0.5) is 5.69 Å². The first-order valence-corrected chi connectivity index (χ1v) is 13.7. The third kappa shape index (κ3) is 4.79. The molecule has 208 valence electrons. The number of non-ortho nitro benzene ring substituents is 1. The first-order valence-electron chi connectivity index (χ1n) is 12.3. The Hall–Kier alpha value is -4.31. The molecule has 12 heteroatoms. The molecule has 0 bridgehead atoms. The summed E-state index contributed by atoms with van der Waals surface area (Å²) in [5, 5.41) is 35.1. The highest BCUT2D eigenvalue weighted by molar-refractivity contribution is 7.89. The molecule has 2 N–H and O–H groups in total. The number of hydrogen-bond donors (Lipinski definition) is 2. The van der Waals surface area contributed by atoms with Gasteiger partial charge in [-0.25, -0.2) is 8.42 Å². The van der Waals surface area contributed by atoms with Crippen molar-refractivity contribution < 1.29 is 28.0 Å². The van der Waals surface area contributed by atoms with Crippen LogP contribution in [-0.4, -0.2) is 48.9 Å². The van der Waals surface area contributed by atoms with Gasteiger partial charge >= 0.3 is 0 Å². The van der Waals surface area contributed by atoms with Crippen molar-refractivity contribution in [1.82, 2.24) is 9.62 Å². The average molecular weight is 565 g/mol. The summed E-state index contributed by atoms with van der Waals surface area (Å²) in [5.74, 6) is -0.110. The Morgan fingerprint density at radius 3 is 2.30 bits per heavy atom. The fraction of sp³-hybridized carbons (Fsp3) is 0.286. The van der Waals surface area contributed by atoms with E-state index in [1.807, 2.05) is 0 Å². The maximum Gasteiger partial charge on any atom is 0.269 e. The monoisotopic (exact) mass is 564 g/mol. The second-order valence-corrected chi connectivity index (χ2v) is 11.7. The third-order valence-corrected chi connectivity index (χ3v) is 9.25. The average Bonchev–Trinajstić information content (AvgIpc) is 3.27. The number of carbonyl (C=O) groups excluding carboxylic acids is 1. The van der Waals surface area contributed by atoms with Crippen LogP contribution in [0.15, 0.2) is 83.8 Å². The number of nitro groups is 1. The van der Waals surface area contributed by atoms with E-state index in [1.54, 1.807) is 54.6 Å². The summed E-state index contributed by atoms with van der Waals surface area (Å²) < 4.78 is 34.2. The van der Waals surface area contributed by atoms with E-state index in [-0.39, 0.29) is 23.7 Å². The number of nitro benzene ring substituents is 1. The summed E-state index contributed by atoms with van der Waals surface area (Å²) in [5.41, 5.74) is -2.74. The van der Waals surface area contributed by atoms with Gasteiger partial charge in [-0.05, 0) is 35.4 Å². The fourth-order valence-electron chi connectivity index (χ4n) is 5.14. The molecular weight excluding hydrogens is 536 g/mol. The number of nitriles is 1. The summed E-state index contributed by atoms with van der Waals surface area (Å²) in [6.07, 6.45) is 0. The molecule has 3 aromatic carbocycles. The minimum absolute atomic E-state index is 0.0460. The van der Waals surface area contributed by atoms with Gasteiger partial charge in [-0.2, -0.15) is 9.57 Å². The number of carbonyl (C=O) groups is 1. The Morgan fingerprint density at radius 2 is 1.77 bits per heavy atom. The van der Waals surface area contributed by atoms with Crippen LogP contribution in [0.2, 0.25) is 0 Å². The van der Waals surface area contributed by atoms with Crippen LogP contribution >= 0.6 is 0 Å². The fourth-order valence-corrected chi connectivity index (χ4v) is 6.90. The van der Waals surface area contributed by atoms with E-state index >= 15 is 0 Å². The molecule has 40 heavy (non-hydrogen) atoms. The highest BCUT2D eigenvalue weighted by atomic mass is 32.2. The van der Waals surface area contributed by atoms with Crippen molar-refractivity contribution >= 4 is 21.6 Å². The molecule has 0 spiro atoms. The molecule has 0 saturated carbocycles. The van der Waals surface area contributed by atoms with Gasteiger partial charge in [0.25, 0.3) is 5.69 Å². The number of aliphatic hydroxyl groups excluding tert-OH is 1. The number of methoxy groups -OCH3 is 1. The molecule has 11 nitrogen and oxygen atoms in total. The lowest BCUT2D eigenvalue weighted by molar-refractivity contribution is -0.384. The molecule has 1 amide bonds. The van der Waals surface area contributed by atoms with Crippen molar-refractivity contribution in [1.29, 1.82) is 5.26 Å². The minimum Gasteiger partial charge on any atom is -0.497 e. The Bertz CT molecular complexity index is 1540. The van der Waals surface area contributed by atoms with Gasteiger partial charge in [-0.3, -0.25) is 14.9 Å². The number of amides is 1. The van der Waals surface area contributed by atoms with Crippen molar-refractivity contribution in [2.24, 2.45) is 10.8 Å². The molecule has 3 aromatic rings. The molecule has 1 aliphatic rings. The molecule has 1 fully saturated rings. The number of rotatable bonds is 9. The van der Waals surface area contributed by atoms with E-state index in [0.717, 1.165) is 34.1 Å². The number of ether oxygens (including phenoxy) is 1. The first-order chi connectivity index (χ1) is 19.0. The molecule has 0 unspecified atom stereocenters. The van der Waals surface area contributed by atoms with E-state index in [0.29, 0.717) is 11.3 Å². The molecule has 0 radical (unpaired) electrons. The smallest absolute Gasteiger partial charge is 0.269 e. The van der Waals surface area contributed by atoms with Crippen molar-refractivity contribution in [2.75, 3.05) is 20.3 Å². The number of nitrogens with one attached hydrogen (secondary N) is 1. The van der Waals surface area contributed by atoms with E-state index in [1.165, 1.54) is 14.0 Å². The van der Waals surface area contributed by atoms with Crippen LogP contribution in [0, 0.1) is 32.3 Å². The SMILES string of the molecule is COc1ccc(CNC(=O)[C@@]2(C#N)[C@H](c3ccccc3)N(S(=O)(=O)c3ccc([N+](=O)[O-])cc3)C[C@@]2(C)CO)cc1. The molecule has 1 saturated heterocycles. The second-order valence-electron chi connectivity index (χ2n) is 9.78. The minimum atomic E-state index is -4.39. The van der Waals surface area contributed by atoms with E-state index in [4.69, 9.17) is 4.74 Å². The van der Waals surface area contributed by atoms with Gasteiger partial charge in [0, 0.05) is 30.6 Å². The van der Waals surface area contributed by atoms with Gasteiger partial charge in [-0.15, -0.1) is 0 Å². The van der Waals surface area contributed by atoms with Crippen molar-refractivity contribution in [3.63, 3.8) is 0 Å². The number of nitrogens with zero attached hydrogens (tertiary/aromatic N) is 3. The number of aliphatic hydroxyl groups is 1. The predicted molar refractivity (Wildman–Crippen MR) is 144 cm³/mol. The predicted octanol–water partition coefficient (Wildman–Crippen LogP) is 3.17. The zero-order valence-corrected chi connectivity index (χ0v) is 22.7. The molecule has 0 aromatic heterocycles. The van der Waals surface area contributed by atoms with Gasteiger partial charge in [0.2, 0.25) is 15.9 Å².